The number of ketones is 1. The van der Waals surface area contributed by atoms with Crippen LogP contribution in [0.4, 0.5) is 0 Å². The van der Waals surface area contributed by atoms with E-state index in [9.17, 15) is 4.79 Å². The van der Waals surface area contributed by atoms with Crippen LogP contribution in [0.2, 0.25) is 0 Å². The van der Waals surface area contributed by atoms with Gasteiger partial charge in [0.15, 0.2) is 5.78 Å². The molecule has 0 aliphatic rings. The molecule has 2 nitrogen and oxygen atoms in total. The topological polar surface area (TPSA) is 32.9 Å². The number of nitrogens with one attached hydrogen (secondary N) is 1. The van der Waals surface area contributed by atoms with Gasteiger partial charge in [-0.25, -0.2) is 0 Å². The first-order chi connectivity index (χ1) is 6.86. The van der Waals surface area contributed by atoms with E-state index in [1.165, 1.54) is 5.56 Å². The van der Waals surface area contributed by atoms with Gasteiger partial charge in [-0.3, -0.25) is 4.79 Å². The van der Waals surface area contributed by atoms with E-state index >= 15 is 0 Å². The molecule has 1 unspecified atom stereocenters. The molecule has 0 saturated heterocycles. The lowest BCUT2D eigenvalue weighted by Gasteiger charge is -2.13. The quantitative estimate of drug-likeness (QED) is 0.757. The molecule has 0 radical (unpaired) electrons. The van der Waals surface area contributed by atoms with Gasteiger partial charge < -0.3 is 4.98 Å². The zero-order chi connectivity index (χ0) is 11.7. The van der Waals surface area contributed by atoms with Crippen LogP contribution >= 0.6 is 0 Å². The summed E-state index contributed by atoms with van der Waals surface area (Å²) in [6, 6.07) is 0. The third kappa shape index (κ3) is 2.14. The van der Waals surface area contributed by atoms with Crippen molar-refractivity contribution in [3.8, 4) is 0 Å². The van der Waals surface area contributed by atoms with E-state index < -0.39 is 0 Å². The first-order valence-electron chi connectivity index (χ1n) is 5.56. The van der Waals surface area contributed by atoms with Crippen LogP contribution in [0.1, 0.15) is 48.1 Å². The van der Waals surface area contributed by atoms with Crippen LogP contribution < -0.4 is 0 Å². The number of H-pyrrole nitrogens is 1. The predicted octanol–water partition coefficient (Wildman–Crippen LogP) is 3.41. The van der Waals surface area contributed by atoms with Crippen molar-refractivity contribution in [3.05, 3.63) is 22.5 Å². The highest BCUT2D eigenvalue weighted by atomic mass is 16.1. The van der Waals surface area contributed by atoms with Crippen molar-refractivity contribution in [3.63, 3.8) is 0 Å². The Morgan fingerprint density at radius 3 is 1.93 bits per heavy atom. The minimum absolute atomic E-state index is 0.0844. The molecule has 0 aliphatic carbocycles. The van der Waals surface area contributed by atoms with Crippen molar-refractivity contribution in [2.45, 2.75) is 41.5 Å². The Morgan fingerprint density at radius 1 is 1.07 bits per heavy atom. The molecular formula is C13H21NO. The zero-order valence-corrected chi connectivity index (χ0v) is 10.6. The SMILES string of the molecule is Cc1[nH]c(C(=O)C(C)C(C)C)c(C)c1C. The van der Waals surface area contributed by atoms with Gasteiger partial charge in [0.05, 0.1) is 5.69 Å². The average molecular weight is 207 g/mol. The molecule has 1 aromatic heterocycles. The molecule has 0 spiro atoms. The Balaban J connectivity index is 3.07. The van der Waals surface area contributed by atoms with Crippen molar-refractivity contribution >= 4 is 5.78 Å². The molecule has 84 valence electrons. The molecule has 1 N–H and O–H groups in total. The smallest absolute Gasteiger partial charge is 0.182 e. The number of hydrogen-bond acceptors (Lipinski definition) is 1. The number of rotatable bonds is 3. The van der Waals surface area contributed by atoms with Gasteiger partial charge in [0.1, 0.15) is 0 Å². The fourth-order valence-electron chi connectivity index (χ4n) is 1.62. The number of hydrogen-bond donors (Lipinski definition) is 1. The Labute approximate surface area is 92.1 Å². The minimum atomic E-state index is 0.0844. The van der Waals surface area contributed by atoms with E-state index in [2.05, 4.69) is 25.8 Å². The molecule has 1 aromatic rings. The van der Waals surface area contributed by atoms with Crippen LogP contribution in [0.3, 0.4) is 0 Å². The summed E-state index contributed by atoms with van der Waals surface area (Å²) in [4.78, 5) is 15.3. The number of aromatic nitrogens is 1. The maximum absolute atomic E-state index is 12.1. The first kappa shape index (κ1) is 12.0. The monoisotopic (exact) mass is 207 g/mol. The van der Waals surface area contributed by atoms with E-state index in [1.54, 1.807) is 0 Å². The summed E-state index contributed by atoms with van der Waals surface area (Å²) >= 11 is 0. The van der Waals surface area contributed by atoms with Gasteiger partial charge in [0.2, 0.25) is 0 Å². The highest BCUT2D eigenvalue weighted by Gasteiger charge is 2.22. The van der Waals surface area contributed by atoms with Gasteiger partial charge in [-0.15, -0.1) is 0 Å². The van der Waals surface area contributed by atoms with E-state index in [0.717, 1.165) is 17.0 Å². The van der Waals surface area contributed by atoms with Gasteiger partial charge in [-0.2, -0.15) is 0 Å². The molecule has 1 heterocycles. The highest BCUT2D eigenvalue weighted by molar-refractivity contribution is 5.97. The molecule has 1 atom stereocenters. The van der Waals surface area contributed by atoms with Gasteiger partial charge in [0.25, 0.3) is 0 Å². The second-order valence-corrected chi connectivity index (χ2v) is 4.77. The summed E-state index contributed by atoms with van der Waals surface area (Å²) in [6.07, 6.45) is 0. The van der Waals surface area contributed by atoms with Crippen LogP contribution in [0, 0.1) is 32.6 Å². The second kappa shape index (κ2) is 4.21. The Morgan fingerprint density at radius 2 is 1.60 bits per heavy atom. The molecular weight excluding hydrogens is 186 g/mol. The third-order valence-corrected chi connectivity index (χ3v) is 3.47. The molecule has 0 bridgehead atoms. The van der Waals surface area contributed by atoms with Crippen LogP contribution in [0.5, 0.6) is 0 Å². The standard InChI is InChI=1S/C13H21NO/c1-7(2)8(3)13(15)12-10(5)9(4)11(6)14-12/h7-8,14H,1-6H3. The van der Waals surface area contributed by atoms with Crippen LogP contribution in [-0.4, -0.2) is 10.8 Å². The van der Waals surface area contributed by atoms with Crippen LogP contribution in [-0.2, 0) is 0 Å². The number of Topliss-reactive ketones (excluding diaryl/α,β-unsaturated/α-hetero) is 1. The van der Waals surface area contributed by atoms with Crippen molar-refractivity contribution < 1.29 is 4.79 Å². The fourth-order valence-corrected chi connectivity index (χ4v) is 1.62. The second-order valence-electron chi connectivity index (χ2n) is 4.77. The van der Waals surface area contributed by atoms with Crippen molar-refractivity contribution in [2.24, 2.45) is 11.8 Å². The number of aromatic amines is 1. The largest absolute Gasteiger partial charge is 0.356 e. The molecule has 1 rings (SSSR count). The molecule has 0 aromatic carbocycles. The minimum Gasteiger partial charge on any atom is -0.356 e. The average Bonchev–Trinajstić information content (AvgIpc) is 2.43. The molecule has 0 saturated carbocycles. The lowest BCUT2D eigenvalue weighted by Crippen LogP contribution is -2.18. The van der Waals surface area contributed by atoms with Crippen LogP contribution in [0.25, 0.3) is 0 Å². The zero-order valence-electron chi connectivity index (χ0n) is 10.6. The maximum Gasteiger partial charge on any atom is 0.182 e. The maximum atomic E-state index is 12.1. The molecule has 0 fully saturated rings. The van der Waals surface area contributed by atoms with Gasteiger partial charge in [-0.05, 0) is 37.8 Å². The van der Waals surface area contributed by atoms with E-state index in [1.807, 2.05) is 20.8 Å². The van der Waals surface area contributed by atoms with Gasteiger partial charge >= 0.3 is 0 Å². The van der Waals surface area contributed by atoms with Crippen molar-refractivity contribution in [1.82, 2.24) is 4.98 Å². The molecule has 0 amide bonds. The van der Waals surface area contributed by atoms with E-state index in [-0.39, 0.29) is 11.7 Å². The summed E-state index contributed by atoms with van der Waals surface area (Å²) < 4.78 is 0. The molecule has 0 aliphatic heterocycles. The summed E-state index contributed by atoms with van der Waals surface area (Å²) in [7, 11) is 0. The Kier molecular flexibility index (Phi) is 3.38. The molecule has 2 heteroatoms. The van der Waals surface area contributed by atoms with Gasteiger partial charge in [0, 0.05) is 11.6 Å². The normalized spacial score (nSPS) is 13.3. The predicted molar refractivity (Wildman–Crippen MR) is 63.3 cm³/mol. The Bertz CT molecular complexity index is 374. The lowest BCUT2D eigenvalue weighted by atomic mass is 9.91. The van der Waals surface area contributed by atoms with E-state index in [4.69, 9.17) is 0 Å². The van der Waals surface area contributed by atoms with Crippen LogP contribution in [0.15, 0.2) is 0 Å². The summed E-state index contributed by atoms with van der Waals surface area (Å²) in [5, 5.41) is 0. The molecule has 15 heavy (non-hydrogen) atoms. The fraction of sp³-hybridized carbons (Fsp3) is 0.615. The summed E-state index contributed by atoms with van der Waals surface area (Å²) in [6.45, 7) is 12.2. The van der Waals surface area contributed by atoms with E-state index in [0.29, 0.717) is 5.92 Å². The van der Waals surface area contributed by atoms with Gasteiger partial charge in [-0.1, -0.05) is 20.8 Å². The van der Waals surface area contributed by atoms with Crippen molar-refractivity contribution in [1.29, 1.82) is 0 Å². The Hall–Kier alpha value is -1.05. The first-order valence-corrected chi connectivity index (χ1v) is 5.56. The summed E-state index contributed by atoms with van der Waals surface area (Å²) in [5.41, 5.74) is 4.21. The number of carbonyl (C=O) groups is 1. The van der Waals surface area contributed by atoms with Crippen molar-refractivity contribution in [2.75, 3.05) is 0 Å². The lowest BCUT2D eigenvalue weighted by molar-refractivity contribution is 0.0894. The third-order valence-electron chi connectivity index (χ3n) is 3.47. The number of aryl methyl sites for hydroxylation is 1. The summed E-state index contributed by atoms with van der Waals surface area (Å²) in [5.74, 6) is 0.709. The number of carbonyl (C=O) groups excluding carboxylic acids is 1. The highest BCUT2D eigenvalue weighted by Crippen LogP contribution is 2.22.